The van der Waals surface area contributed by atoms with Crippen LogP contribution in [0.25, 0.3) is 22.3 Å². The van der Waals surface area contributed by atoms with Crippen LogP contribution in [0.15, 0.2) is 92.0 Å². The van der Waals surface area contributed by atoms with Gasteiger partial charge >= 0.3 is 0 Å². The maximum absolute atomic E-state index is 6.64. The van der Waals surface area contributed by atoms with E-state index >= 15 is 0 Å². The zero-order chi connectivity index (χ0) is 35.1. The molecule has 48 heavy (non-hydrogen) atoms. The number of unbranched alkanes of at least 4 members (excludes halogenated alkanes) is 5. The molecule has 0 unspecified atom stereocenters. The number of hydrogen-bond donors (Lipinski definition) is 3. The molecule has 0 saturated carbocycles. The topological polar surface area (TPSA) is 50.1 Å². The summed E-state index contributed by atoms with van der Waals surface area (Å²) < 4.78 is 0. The van der Waals surface area contributed by atoms with Gasteiger partial charge in [0.25, 0.3) is 0 Å². The largest absolute Gasteiger partial charge is 0.398 e. The molecular weight excluding hydrogens is 583 g/mol. The number of nitrogen functional groups attached to an aromatic ring is 1. The van der Waals surface area contributed by atoms with E-state index in [9.17, 15) is 0 Å². The van der Waals surface area contributed by atoms with Gasteiger partial charge in [-0.2, -0.15) is 0 Å². The van der Waals surface area contributed by atoms with Crippen molar-refractivity contribution >= 4 is 39.6 Å². The lowest BCUT2D eigenvalue weighted by Gasteiger charge is -2.26. The van der Waals surface area contributed by atoms with Gasteiger partial charge in [-0.15, -0.1) is 0 Å². The average molecular weight is 642 g/mol. The van der Waals surface area contributed by atoms with Gasteiger partial charge < -0.3 is 16.4 Å². The fraction of sp³-hybridized carbons (Fsp3) is 0.378. The molecule has 0 aliphatic carbocycles. The molecule has 0 amide bonds. The molecule has 0 radical (unpaired) electrons. The quantitative estimate of drug-likeness (QED) is 0.0894. The molecule has 0 aromatic heterocycles. The normalized spacial score (nSPS) is 11.8. The molecule has 0 atom stereocenters. The number of allylic oxidation sites excluding steroid dienone is 2. The Kier molecular flexibility index (Phi) is 12.0. The molecule has 254 valence electrons. The second-order valence-corrected chi connectivity index (χ2v) is 15.3. The zero-order valence-electron chi connectivity index (χ0n) is 30.9. The lowest BCUT2D eigenvalue weighted by atomic mass is 9.80. The van der Waals surface area contributed by atoms with Crippen LogP contribution < -0.4 is 16.4 Å². The Hall–Kier alpha value is -4.24. The third-order valence-corrected chi connectivity index (χ3v) is 9.58. The third kappa shape index (κ3) is 9.22. The molecule has 0 bridgehead atoms. The maximum atomic E-state index is 6.64. The molecule has 0 saturated heterocycles. The molecule has 0 fully saturated rings. The minimum Gasteiger partial charge on any atom is -0.398 e. The van der Waals surface area contributed by atoms with E-state index in [0.717, 1.165) is 61.8 Å². The van der Waals surface area contributed by atoms with Crippen molar-refractivity contribution in [3.63, 3.8) is 0 Å². The van der Waals surface area contributed by atoms with Crippen molar-refractivity contribution in [2.24, 2.45) is 0 Å². The van der Waals surface area contributed by atoms with E-state index in [1.807, 2.05) is 19.1 Å². The van der Waals surface area contributed by atoms with Crippen LogP contribution in [0.2, 0.25) is 0 Å². The van der Waals surface area contributed by atoms with Crippen molar-refractivity contribution in [3.8, 4) is 11.1 Å². The van der Waals surface area contributed by atoms with Crippen molar-refractivity contribution in [2.45, 2.75) is 111 Å². The summed E-state index contributed by atoms with van der Waals surface area (Å²) in [6.45, 7) is 26.5. The number of hydrogen-bond acceptors (Lipinski definition) is 3. The van der Waals surface area contributed by atoms with Crippen LogP contribution in [0.4, 0.5) is 28.4 Å². The highest BCUT2D eigenvalue weighted by atomic mass is 14.9. The van der Waals surface area contributed by atoms with E-state index in [0.29, 0.717) is 0 Å². The molecule has 3 nitrogen and oxygen atoms in total. The van der Waals surface area contributed by atoms with Crippen molar-refractivity contribution in [3.05, 3.63) is 114 Å². The van der Waals surface area contributed by atoms with E-state index < -0.39 is 0 Å². The summed E-state index contributed by atoms with van der Waals surface area (Å²) in [4.78, 5) is 0. The summed E-state index contributed by atoms with van der Waals surface area (Å²) in [5.74, 6) is 0. The Labute approximate surface area is 291 Å². The molecule has 0 aliphatic heterocycles. The van der Waals surface area contributed by atoms with Crippen LogP contribution >= 0.6 is 0 Å². The first kappa shape index (κ1) is 36.6. The molecule has 4 N–H and O–H groups in total. The van der Waals surface area contributed by atoms with Crippen LogP contribution in [0.3, 0.4) is 0 Å². The first-order valence-corrected chi connectivity index (χ1v) is 17.8. The van der Waals surface area contributed by atoms with Crippen LogP contribution in [0.1, 0.15) is 123 Å². The Morgan fingerprint density at radius 3 is 1.79 bits per heavy atom. The predicted octanol–water partition coefficient (Wildman–Crippen LogP) is 13.8. The van der Waals surface area contributed by atoms with Crippen molar-refractivity contribution < 1.29 is 0 Å². The number of nitrogens with one attached hydrogen (secondary N) is 2. The van der Waals surface area contributed by atoms with Crippen LogP contribution in [0, 0.1) is 0 Å². The fourth-order valence-corrected chi connectivity index (χ4v) is 6.44. The minimum absolute atomic E-state index is 0.0801. The average Bonchev–Trinajstić information content (AvgIpc) is 3.02. The van der Waals surface area contributed by atoms with Gasteiger partial charge in [-0.1, -0.05) is 136 Å². The van der Waals surface area contributed by atoms with Crippen LogP contribution in [-0.4, -0.2) is 0 Å². The molecule has 4 rings (SSSR count). The van der Waals surface area contributed by atoms with Crippen LogP contribution in [0.5, 0.6) is 0 Å². The van der Waals surface area contributed by atoms with Gasteiger partial charge in [0.15, 0.2) is 0 Å². The number of nitrogens with two attached hydrogens (primary N) is 1. The number of rotatable bonds is 15. The summed E-state index contributed by atoms with van der Waals surface area (Å²) in [5, 5.41) is 7.47. The van der Waals surface area contributed by atoms with E-state index in [2.05, 4.69) is 139 Å². The highest BCUT2D eigenvalue weighted by Crippen LogP contribution is 2.41. The molecule has 4 aromatic carbocycles. The van der Waals surface area contributed by atoms with Crippen LogP contribution in [-0.2, 0) is 10.8 Å². The van der Waals surface area contributed by atoms with Crippen molar-refractivity contribution in [1.82, 2.24) is 0 Å². The Morgan fingerprint density at radius 2 is 1.21 bits per heavy atom. The molecule has 4 aromatic rings. The lowest BCUT2D eigenvalue weighted by Crippen LogP contribution is -2.16. The van der Waals surface area contributed by atoms with Crippen molar-refractivity contribution in [1.29, 1.82) is 0 Å². The highest BCUT2D eigenvalue weighted by Gasteiger charge is 2.21. The Balaban J connectivity index is 1.64. The third-order valence-electron chi connectivity index (χ3n) is 9.58. The van der Waals surface area contributed by atoms with Gasteiger partial charge in [0.1, 0.15) is 0 Å². The summed E-state index contributed by atoms with van der Waals surface area (Å²) >= 11 is 0. The SMILES string of the molecule is C=C(C)c1cc(C(=C)C)c(Nc2cccc(N)c2-c2ccc(C(C)(C)C)cc2)cc1Nc1ccc(C(C)(C)CCCCCCCC)cc1. The molecule has 0 heterocycles. The van der Waals surface area contributed by atoms with E-state index in [4.69, 9.17) is 5.73 Å². The molecule has 0 spiro atoms. The Bertz CT molecular complexity index is 1700. The number of benzene rings is 4. The second kappa shape index (κ2) is 15.8. The number of anilines is 5. The van der Waals surface area contributed by atoms with Gasteiger partial charge in [0.05, 0.1) is 0 Å². The van der Waals surface area contributed by atoms with Crippen molar-refractivity contribution in [2.75, 3.05) is 16.4 Å². The smallest absolute Gasteiger partial charge is 0.0484 e. The zero-order valence-corrected chi connectivity index (χ0v) is 30.9. The second-order valence-electron chi connectivity index (χ2n) is 15.3. The van der Waals surface area contributed by atoms with E-state index in [1.54, 1.807) is 0 Å². The molecule has 0 aliphatic rings. The van der Waals surface area contributed by atoms with Gasteiger partial charge in [0, 0.05) is 45.1 Å². The van der Waals surface area contributed by atoms with Gasteiger partial charge in [0.2, 0.25) is 0 Å². The van der Waals surface area contributed by atoms with E-state index in [1.165, 1.54) is 56.1 Å². The summed E-state index contributed by atoms with van der Waals surface area (Å²) in [5.41, 5.74) is 20.4. The summed E-state index contributed by atoms with van der Waals surface area (Å²) in [6, 6.07) is 28.2. The molecule has 3 heteroatoms. The van der Waals surface area contributed by atoms with Gasteiger partial charge in [-0.05, 0) is 95.3 Å². The fourth-order valence-electron chi connectivity index (χ4n) is 6.44. The highest BCUT2D eigenvalue weighted by molar-refractivity contribution is 5.93. The first-order valence-electron chi connectivity index (χ1n) is 17.8. The monoisotopic (exact) mass is 641 g/mol. The summed E-state index contributed by atoms with van der Waals surface area (Å²) in [6.07, 6.45) is 9.17. The first-order chi connectivity index (χ1) is 22.7. The predicted molar refractivity (Wildman–Crippen MR) is 215 cm³/mol. The maximum Gasteiger partial charge on any atom is 0.0484 e. The van der Waals surface area contributed by atoms with E-state index in [-0.39, 0.29) is 10.8 Å². The van der Waals surface area contributed by atoms with Gasteiger partial charge in [-0.3, -0.25) is 0 Å². The standard InChI is InChI=1S/C45H59N3/c1-11-12-13-14-15-16-28-45(9,10)35-24-26-36(27-25-35)47-41-30-42(38(32(4)5)29-37(41)31(2)3)48-40-19-17-18-39(46)43(40)33-20-22-34(23-21-33)44(6,7)8/h17-27,29-30,47-48H,2,4,11-16,28,46H2,1,3,5-10H3. The van der Waals surface area contributed by atoms with Gasteiger partial charge in [-0.25, -0.2) is 0 Å². The molecular formula is C45H59N3. The Morgan fingerprint density at radius 1 is 0.646 bits per heavy atom. The summed E-state index contributed by atoms with van der Waals surface area (Å²) in [7, 11) is 0. The minimum atomic E-state index is 0.0801. The lowest BCUT2D eigenvalue weighted by molar-refractivity contribution is 0.442.